The summed E-state index contributed by atoms with van der Waals surface area (Å²) >= 11 is 0. The molecule has 3 rings (SSSR count). The Bertz CT molecular complexity index is 796. The van der Waals surface area contributed by atoms with Gasteiger partial charge in [0.1, 0.15) is 17.8 Å². The van der Waals surface area contributed by atoms with Crippen LogP contribution < -0.4 is 4.90 Å². The van der Waals surface area contributed by atoms with Crippen molar-refractivity contribution in [3.05, 3.63) is 18.6 Å². The van der Waals surface area contributed by atoms with Crippen LogP contribution in [-0.2, 0) is 9.84 Å². The second kappa shape index (κ2) is 6.70. The van der Waals surface area contributed by atoms with Crippen LogP contribution in [0, 0.1) is 11.8 Å². The molecule has 0 spiro atoms. The molecule has 132 valence electrons. The van der Waals surface area contributed by atoms with Crippen molar-refractivity contribution in [3.63, 3.8) is 0 Å². The zero-order valence-electron chi connectivity index (χ0n) is 14.6. The molecule has 0 aromatic carbocycles. The van der Waals surface area contributed by atoms with E-state index < -0.39 is 9.84 Å². The second-order valence-electron chi connectivity index (χ2n) is 7.13. The summed E-state index contributed by atoms with van der Waals surface area (Å²) in [5.74, 6) is 2.07. The molecule has 0 aliphatic heterocycles. The smallest absolute Gasteiger partial charge is 0.150 e. The molecule has 0 radical (unpaired) electrons. The average molecular weight is 350 g/mol. The van der Waals surface area contributed by atoms with E-state index in [1.807, 2.05) is 33.2 Å². The Hall–Kier alpha value is -1.63. The molecular weight excluding hydrogens is 324 g/mol. The maximum atomic E-state index is 12.3. The Labute approximate surface area is 143 Å². The topological polar surface area (TPSA) is 79.0 Å². The van der Waals surface area contributed by atoms with Crippen molar-refractivity contribution in [2.24, 2.45) is 11.8 Å². The highest BCUT2D eigenvalue weighted by Crippen LogP contribution is 2.36. The zero-order chi connectivity index (χ0) is 17.3. The Morgan fingerprint density at radius 3 is 2.83 bits per heavy atom. The number of H-pyrrole nitrogens is 1. The van der Waals surface area contributed by atoms with Crippen LogP contribution in [0.4, 0.5) is 5.82 Å². The average Bonchev–Trinajstić information content (AvgIpc) is 2.97. The van der Waals surface area contributed by atoms with Crippen molar-refractivity contribution in [2.75, 3.05) is 23.5 Å². The number of aromatic nitrogens is 3. The molecule has 1 fully saturated rings. The van der Waals surface area contributed by atoms with E-state index in [4.69, 9.17) is 0 Å². The molecule has 7 heteroatoms. The molecule has 0 amide bonds. The predicted molar refractivity (Wildman–Crippen MR) is 96.9 cm³/mol. The van der Waals surface area contributed by atoms with Crippen LogP contribution in [-0.4, -0.2) is 48.0 Å². The van der Waals surface area contributed by atoms with Gasteiger partial charge in [0.05, 0.1) is 16.9 Å². The molecular formula is C17H26N4O2S. The quantitative estimate of drug-likeness (QED) is 0.830. The fourth-order valence-electron chi connectivity index (χ4n) is 3.44. The van der Waals surface area contributed by atoms with Gasteiger partial charge in [0.25, 0.3) is 0 Å². The van der Waals surface area contributed by atoms with Gasteiger partial charge in [-0.25, -0.2) is 18.4 Å². The molecule has 2 aromatic rings. The lowest BCUT2D eigenvalue weighted by Gasteiger charge is -2.41. The highest BCUT2D eigenvalue weighted by Gasteiger charge is 2.36. The van der Waals surface area contributed by atoms with Crippen LogP contribution in [0.3, 0.4) is 0 Å². The lowest BCUT2D eigenvalue weighted by molar-refractivity contribution is 0.282. The standard InChI is InChI=1S/C17H26N4O2S/c1-4-12(2)9-24(22,23)10-13-7-14(8-13)21(3)17-15-5-6-18-16(15)19-11-20-17/h5-6,11-14H,4,7-10H2,1-3H3,(H,18,19,20)/t12-,13-,14+/m1/s1. The van der Waals surface area contributed by atoms with Crippen molar-refractivity contribution in [1.29, 1.82) is 0 Å². The van der Waals surface area contributed by atoms with Gasteiger partial charge in [-0.15, -0.1) is 0 Å². The molecule has 1 aliphatic rings. The molecule has 1 saturated carbocycles. The number of fused-ring (bicyclic) bond motifs is 1. The fourth-order valence-corrected chi connectivity index (χ4v) is 5.67. The Kier molecular flexibility index (Phi) is 4.80. The van der Waals surface area contributed by atoms with Gasteiger partial charge in [-0.3, -0.25) is 0 Å². The lowest BCUT2D eigenvalue weighted by Crippen LogP contribution is -2.45. The SMILES string of the molecule is CC[C@@H](C)CS(=O)(=O)C[C@H]1C[C@@H](N(C)c2ncnc3[nH]ccc23)C1. The first-order valence-corrected chi connectivity index (χ1v) is 10.4. The Morgan fingerprint density at radius 2 is 2.12 bits per heavy atom. The van der Waals surface area contributed by atoms with Gasteiger partial charge in [0, 0.05) is 19.3 Å². The first kappa shape index (κ1) is 17.2. The van der Waals surface area contributed by atoms with Gasteiger partial charge < -0.3 is 9.88 Å². The molecule has 1 atom stereocenters. The van der Waals surface area contributed by atoms with Crippen molar-refractivity contribution in [1.82, 2.24) is 15.0 Å². The first-order chi connectivity index (χ1) is 11.4. The van der Waals surface area contributed by atoms with E-state index >= 15 is 0 Å². The van der Waals surface area contributed by atoms with Gasteiger partial charge in [0.2, 0.25) is 0 Å². The number of anilines is 1. The summed E-state index contributed by atoms with van der Waals surface area (Å²) in [6, 6.07) is 2.33. The molecule has 1 N–H and O–H groups in total. The van der Waals surface area contributed by atoms with Crippen LogP contribution in [0.1, 0.15) is 33.1 Å². The normalized spacial score (nSPS) is 22.3. The predicted octanol–water partition coefficient (Wildman–Crippen LogP) is 2.63. The summed E-state index contributed by atoms with van der Waals surface area (Å²) in [4.78, 5) is 13.9. The van der Waals surface area contributed by atoms with Crippen LogP contribution in [0.5, 0.6) is 0 Å². The van der Waals surface area contributed by atoms with Crippen LogP contribution in [0.15, 0.2) is 18.6 Å². The Balaban J connectivity index is 1.59. The van der Waals surface area contributed by atoms with E-state index in [1.54, 1.807) is 6.33 Å². The van der Waals surface area contributed by atoms with Crippen LogP contribution in [0.2, 0.25) is 0 Å². The van der Waals surface area contributed by atoms with E-state index in [-0.39, 0.29) is 11.8 Å². The van der Waals surface area contributed by atoms with Crippen LogP contribution >= 0.6 is 0 Å². The monoisotopic (exact) mass is 350 g/mol. The maximum absolute atomic E-state index is 12.3. The number of sulfone groups is 1. The minimum Gasteiger partial charge on any atom is -0.356 e. The van der Waals surface area contributed by atoms with Gasteiger partial charge in [-0.1, -0.05) is 20.3 Å². The number of hydrogen-bond acceptors (Lipinski definition) is 5. The minimum absolute atomic E-state index is 0.247. The van der Waals surface area contributed by atoms with Gasteiger partial charge in [-0.2, -0.15) is 0 Å². The lowest BCUT2D eigenvalue weighted by atomic mass is 9.81. The maximum Gasteiger partial charge on any atom is 0.150 e. The number of nitrogens with one attached hydrogen (secondary N) is 1. The van der Waals surface area contributed by atoms with Crippen molar-refractivity contribution in [2.45, 2.75) is 39.2 Å². The highest BCUT2D eigenvalue weighted by molar-refractivity contribution is 7.91. The van der Waals surface area contributed by atoms with E-state index in [2.05, 4.69) is 19.9 Å². The van der Waals surface area contributed by atoms with Crippen molar-refractivity contribution in [3.8, 4) is 0 Å². The number of rotatable bonds is 7. The number of nitrogens with zero attached hydrogens (tertiary/aromatic N) is 3. The molecule has 0 saturated heterocycles. The van der Waals surface area contributed by atoms with Gasteiger partial charge >= 0.3 is 0 Å². The summed E-state index contributed by atoms with van der Waals surface area (Å²) in [7, 11) is -0.911. The van der Waals surface area contributed by atoms with Gasteiger partial charge in [0.15, 0.2) is 9.84 Å². The summed E-state index contributed by atoms with van der Waals surface area (Å²) in [5, 5.41) is 1.01. The van der Waals surface area contributed by atoms with Crippen molar-refractivity contribution < 1.29 is 8.42 Å². The zero-order valence-corrected chi connectivity index (χ0v) is 15.4. The minimum atomic E-state index is -2.94. The van der Waals surface area contributed by atoms with E-state index in [0.717, 1.165) is 36.1 Å². The molecule has 24 heavy (non-hydrogen) atoms. The molecule has 0 unspecified atom stereocenters. The molecule has 0 bridgehead atoms. The fraction of sp³-hybridized carbons (Fsp3) is 0.647. The third kappa shape index (κ3) is 3.55. The second-order valence-corrected chi connectivity index (χ2v) is 9.28. The molecule has 1 aliphatic carbocycles. The molecule has 6 nitrogen and oxygen atoms in total. The van der Waals surface area contributed by atoms with Crippen molar-refractivity contribution >= 4 is 26.7 Å². The third-order valence-corrected chi connectivity index (χ3v) is 7.21. The first-order valence-electron chi connectivity index (χ1n) is 8.61. The summed E-state index contributed by atoms with van der Waals surface area (Å²) < 4.78 is 24.5. The number of hydrogen-bond donors (Lipinski definition) is 1. The third-order valence-electron chi connectivity index (χ3n) is 5.15. The summed E-state index contributed by atoms with van der Waals surface area (Å²) in [5.41, 5.74) is 0.832. The summed E-state index contributed by atoms with van der Waals surface area (Å²) in [6.07, 6.45) is 6.16. The highest BCUT2D eigenvalue weighted by atomic mass is 32.2. The van der Waals surface area contributed by atoms with E-state index in [1.165, 1.54) is 0 Å². The molecule has 2 heterocycles. The Morgan fingerprint density at radius 1 is 1.38 bits per heavy atom. The summed E-state index contributed by atoms with van der Waals surface area (Å²) in [6.45, 7) is 4.05. The van der Waals surface area contributed by atoms with Gasteiger partial charge in [-0.05, 0) is 30.7 Å². The molecule has 2 aromatic heterocycles. The van der Waals surface area contributed by atoms with E-state index in [0.29, 0.717) is 17.5 Å². The number of aromatic amines is 1. The van der Waals surface area contributed by atoms with Crippen LogP contribution in [0.25, 0.3) is 11.0 Å². The largest absolute Gasteiger partial charge is 0.356 e. The van der Waals surface area contributed by atoms with E-state index in [9.17, 15) is 8.42 Å².